The smallest absolute Gasteiger partial charge is 0.277 e. The second-order valence-corrected chi connectivity index (χ2v) is 4.43. The number of nitrogens with one attached hydrogen (secondary N) is 2. The number of pyridine rings is 1. The van der Waals surface area contributed by atoms with E-state index in [2.05, 4.69) is 20.5 Å². The summed E-state index contributed by atoms with van der Waals surface area (Å²) in [5, 5.41) is 9.70. The minimum atomic E-state index is -0.431. The fraction of sp³-hybridized carbons (Fsp3) is 0.0714. The molecule has 0 saturated heterocycles. The number of halogens is 1. The molecular formula is C14H11FN4O. The first kappa shape index (κ1) is 12.3. The molecule has 0 aliphatic heterocycles. The number of hydrogen-bond acceptors (Lipinski definition) is 3. The van der Waals surface area contributed by atoms with Crippen LogP contribution in [0.2, 0.25) is 0 Å². The van der Waals surface area contributed by atoms with Gasteiger partial charge in [-0.25, -0.2) is 9.37 Å². The third kappa shape index (κ3) is 2.23. The van der Waals surface area contributed by atoms with Crippen LogP contribution in [0.3, 0.4) is 0 Å². The number of aromatic amines is 1. The van der Waals surface area contributed by atoms with Crippen LogP contribution >= 0.6 is 0 Å². The van der Waals surface area contributed by atoms with Crippen LogP contribution < -0.4 is 5.32 Å². The quantitative estimate of drug-likeness (QED) is 0.752. The van der Waals surface area contributed by atoms with Crippen molar-refractivity contribution in [2.24, 2.45) is 0 Å². The number of nitrogens with zero attached hydrogens (tertiary/aromatic N) is 2. The standard InChI is InChI=1S/C14H11FN4O/c1-8-4-5-16-12(6-8)17-14(20)13-10-7-9(15)2-3-11(10)18-19-13/h2-7H,1H3,(H,18,19)(H,16,17,20). The summed E-state index contributed by atoms with van der Waals surface area (Å²) >= 11 is 0. The Labute approximate surface area is 113 Å². The molecule has 1 amide bonds. The molecule has 0 radical (unpaired) electrons. The second kappa shape index (κ2) is 4.73. The van der Waals surface area contributed by atoms with Gasteiger partial charge in [-0.15, -0.1) is 0 Å². The van der Waals surface area contributed by atoms with Gasteiger partial charge < -0.3 is 5.32 Å². The molecule has 3 aromatic rings. The Morgan fingerprint density at radius 3 is 2.95 bits per heavy atom. The SMILES string of the molecule is Cc1ccnc(NC(=O)c2n[nH]c3ccc(F)cc23)c1. The van der Waals surface area contributed by atoms with Gasteiger partial charge >= 0.3 is 0 Å². The first-order chi connectivity index (χ1) is 9.63. The van der Waals surface area contributed by atoms with E-state index in [1.54, 1.807) is 18.3 Å². The van der Waals surface area contributed by atoms with Crippen LogP contribution in [0.15, 0.2) is 36.5 Å². The Morgan fingerprint density at radius 1 is 1.30 bits per heavy atom. The first-order valence-electron chi connectivity index (χ1n) is 6.01. The molecule has 0 atom stereocenters. The number of carbonyl (C=O) groups excluding carboxylic acids is 1. The fourth-order valence-electron chi connectivity index (χ4n) is 1.94. The lowest BCUT2D eigenvalue weighted by atomic mass is 10.2. The minimum absolute atomic E-state index is 0.141. The van der Waals surface area contributed by atoms with Crippen LogP contribution in [-0.4, -0.2) is 21.1 Å². The predicted molar refractivity (Wildman–Crippen MR) is 73.0 cm³/mol. The van der Waals surface area contributed by atoms with Crippen LogP contribution in [0.5, 0.6) is 0 Å². The van der Waals surface area contributed by atoms with E-state index in [0.29, 0.717) is 16.7 Å². The Bertz CT molecular complexity index is 797. The second-order valence-electron chi connectivity index (χ2n) is 4.43. The Kier molecular flexibility index (Phi) is 2.90. The third-order valence-electron chi connectivity index (χ3n) is 2.90. The van der Waals surface area contributed by atoms with E-state index in [1.807, 2.05) is 13.0 Å². The summed E-state index contributed by atoms with van der Waals surface area (Å²) in [6.07, 6.45) is 1.60. The highest BCUT2D eigenvalue weighted by Gasteiger charge is 2.15. The van der Waals surface area contributed by atoms with Crippen molar-refractivity contribution in [2.45, 2.75) is 6.92 Å². The summed E-state index contributed by atoms with van der Waals surface area (Å²) in [4.78, 5) is 16.2. The van der Waals surface area contributed by atoms with Crippen molar-refractivity contribution in [3.63, 3.8) is 0 Å². The van der Waals surface area contributed by atoms with Crippen molar-refractivity contribution >= 4 is 22.6 Å². The van der Waals surface area contributed by atoms with Crippen molar-refractivity contribution < 1.29 is 9.18 Å². The van der Waals surface area contributed by atoms with Gasteiger partial charge in [-0.1, -0.05) is 0 Å². The number of anilines is 1. The third-order valence-corrected chi connectivity index (χ3v) is 2.90. The summed E-state index contributed by atoms with van der Waals surface area (Å²) in [6.45, 7) is 1.90. The maximum Gasteiger partial charge on any atom is 0.277 e. The zero-order chi connectivity index (χ0) is 14.1. The number of benzene rings is 1. The number of aromatic nitrogens is 3. The topological polar surface area (TPSA) is 70.7 Å². The number of carbonyl (C=O) groups is 1. The van der Waals surface area contributed by atoms with Crippen LogP contribution in [0.4, 0.5) is 10.2 Å². The van der Waals surface area contributed by atoms with Crippen LogP contribution in [0.25, 0.3) is 10.9 Å². The van der Waals surface area contributed by atoms with Crippen LogP contribution in [-0.2, 0) is 0 Å². The Morgan fingerprint density at radius 2 is 2.15 bits per heavy atom. The lowest BCUT2D eigenvalue weighted by Crippen LogP contribution is -2.13. The molecule has 2 heterocycles. The van der Waals surface area contributed by atoms with Gasteiger partial charge in [0, 0.05) is 11.6 Å². The van der Waals surface area contributed by atoms with Crippen molar-refractivity contribution in [1.29, 1.82) is 0 Å². The van der Waals surface area contributed by atoms with Gasteiger partial charge in [0.25, 0.3) is 5.91 Å². The molecule has 3 rings (SSSR count). The Hall–Kier alpha value is -2.76. The molecule has 0 saturated carbocycles. The first-order valence-corrected chi connectivity index (χ1v) is 6.01. The van der Waals surface area contributed by atoms with Gasteiger partial charge in [0.15, 0.2) is 5.69 Å². The summed E-state index contributed by atoms with van der Waals surface area (Å²) < 4.78 is 13.3. The number of aryl methyl sites for hydroxylation is 1. The van der Waals surface area contributed by atoms with Gasteiger partial charge in [0.2, 0.25) is 0 Å². The highest BCUT2D eigenvalue weighted by molar-refractivity contribution is 6.10. The van der Waals surface area contributed by atoms with Crippen molar-refractivity contribution in [1.82, 2.24) is 15.2 Å². The molecule has 0 fully saturated rings. The molecule has 0 aliphatic carbocycles. The molecule has 0 bridgehead atoms. The van der Waals surface area contributed by atoms with Gasteiger partial charge in [0.1, 0.15) is 11.6 Å². The minimum Gasteiger partial charge on any atom is -0.305 e. The summed E-state index contributed by atoms with van der Waals surface area (Å²) in [5.41, 5.74) is 1.73. The molecule has 5 nitrogen and oxygen atoms in total. The molecule has 6 heteroatoms. The number of amides is 1. The van der Waals surface area contributed by atoms with Crippen molar-refractivity contribution in [3.8, 4) is 0 Å². The van der Waals surface area contributed by atoms with E-state index >= 15 is 0 Å². The fourth-order valence-corrected chi connectivity index (χ4v) is 1.94. The number of rotatable bonds is 2. The molecule has 20 heavy (non-hydrogen) atoms. The highest BCUT2D eigenvalue weighted by Crippen LogP contribution is 2.18. The number of H-pyrrole nitrogens is 1. The lowest BCUT2D eigenvalue weighted by Gasteiger charge is -2.03. The van der Waals surface area contributed by atoms with Crippen LogP contribution in [0, 0.1) is 12.7 Å². The van der Waals surface area contributed by atoms with Gasteiger partial charge in [-0.2, -0.15) is 5.10 Å². The molecule has 0 unspecified atom stereocenters. The molecule has 2 N–H and O–H groups in total. The highest BCUT2D eigenvalue weighted by atomic mass is 19.1. The van der Waals surface area contributed by atoms with E-state index < -0.39 is 11.7 Å². The summed E-state index contributed by atoms with van der Waals surface area (Å²) in [5.74, 6) is -0.413. The monoisotopic (exact) mass is 270 g/mol. The number of hydrogen-bond donors (Lipinski definition) is 2. The normalized spacial score (nSPS) is 10.7. The molecule has 1 aromatic carbocycles. The van der Waals surface area contributed by atoms with E-state index in [-0.39, 0.29) is 5.69 Å². The average Bonchev–Trinajstić information content (AvgIpc) is 2.81. The van der Waals surface area contributed by atoms with Crippen molar-refractivity contribution in [3.05, 3.63) is 53.6 Å². The molecule has 0 spiro atoms. The molecular weight excluding hydrogens is 259 g/mol. The van der Waals surface area contributed by atoms with Gasteiger partial charge in [-0.05, 0) is 42.8 Å². The van der Waals surface area contributed by atoms with E-state index in [9.17, 15) is 9.18 Å². The summed E-state index contributed by atoms with van der Waals surface area (Å²) in [7, 11) is 0. The van der Waals surface area contributed by atoms with Gasteiger partial charge in [0.05, 0.1) is 5.52 Å². The van der Waals surface area contributed by atoms with Gasteiger partial charge in [-0.3, -0.25) is 9.89 Å². The predicted octanol–water partition coefficient (Wildman–Crippen LogP) is 2.66. The molecule has 100 valence electrons. The maximum atomic E-state index is 13.3. The maximum absolute atomic E-state index is 13.3. The largest absolute Gasteiger partial charge is 0.305 e. The zero-order valence-electron chi connectivity index (χ0n) is 10.6. The average molecular weight is 270 g/mol. The van der Waals surface area contributed by atoms with Crippen molar-refractivity contribution in [2.75, 3.05) is 5.32 Å². The van der Waals surface area contributed by atoms with E-state index in [1.165, 1.54) is 12.1 Å². The zero-order valence-corrected chi connectivity index (χ0v) is 10.6. The van der Waals surface area contributed by atoms with E-state index in [0.717, 1.165) is 5.56 Å². The summed E-state index contributed by atoms with van der Waals surface area (Å²) in [6, 6.07) is 7.70. The lowest BCUT2D eigenvalue weighted by molar-refractivity contribution is 0.102. The van der Waals surface area contributed by atoms with E-state index in [4.69, 9.17) is 0 Å². The number of fused-ring (bicyclic) bond motifs is 1. The van der Waals surface area contributed by atoms with Crippen LogP contribution in [0.1, 0.15) is 16.1 Å². The Balaban J connectivity index is 1.94. The molecule has 0 aliphatic rings. The molecule has 2 aromatic heterocycles.